The van der Waals surface area contributed by atoms with Crippen LogP contribution in [-0.4, -0.2) is 28.3 Å². The summed E-state index contributed by atoms with van der Waals surface area (Å²) in [6.07, 6.45) is 0.711. The number of nitrogens with two attached hydrogens (primary N) is 1. The van der Waals surface area contributed by atoms with E-state index >= 15 is 0 Å². The SMILES string of the molecule is NS(=O)(=O)CCCCCS(=O)(=O)F. The van der Waals surface area contributed by atoms with Crippen LogP contribution >= 0.6 is 0 Å². The maximum absolute atomic E-state index is 11.9. The zero-order valence-electron chi connectivity index (χ0n) is 6.94. The lowest BCUT2D eigenvalue weighted by molar-refractivity contribution is 0.547. The molecule has 0 amide bonds. The molecule has 2 N–H and O–H groups in total. The normalized spacial score (nSPS) is 13.1. The maximum atomic E-state index is 11.9. The molecule has 0 spiro atoms. The minimum absolute atomic E-state index is 0.119. The highest BCUT2D eigenvalue weighted by Gasteiger charge is 2.07. The molecule has 0 fully saturated rings. The van der Waals surface area contributed by atoms with E-state index in [0.29, 0.717) is 6.42 Å². The van der Waals surface area contributed by atoms with Crippen LogP contribution in [0.4, 0.5) is 3.89 Å². The van der Waals surface area contributed by atoms with E-state index in [4.69, 9.17) is 0 Å². The lowest BCUT2D eigenvalue weighted by atomic mass is 10.3. The summed E-state index contributed by atoms with van der Waals surface area (Å²) in [4.78, 5) is 0. The Morgan fingerprint density at radius 1 is 0.923 bits per heavy atom. The van der Waals surface area contributed by atoms with Gasteiger partial charge in [-0.3, -0.25) is 0 Å². The van der Waals surface area contributed by atoms with E-state index < -0.39 is 26.0 Å². The largest absolute Gasteiger partial charge is 0.302 e. The zero-order chi connectivity index (χ0) is 10.5. The predicted molar refractivity (Wildman–Crippen MR) is 46.7 cm³/mol. The number of unbranched alkanes of at least 4 members (excludes halogenated alkanes) is 2. The standard InChI is InChI=1S/C5H12FNO4S2/c6-12(8,9)4-2-1-3-5-13(7,10)11/h1-5H2,(H2,7,10,11). The van der Waals surface area contributed by atoms with E-state index in [9.17, 15) is 20.7 Å². The third-order valence-corrected chi connectivity index (χ3v) is 2.95. The molecule has 0 aliphatic carbocycles. The van der Waals surface area contributed by atoms with Gasteiger partial charge in [-0.15, -0.1) is 3.89 Å². The molecule has 0 aromatic heterocycles. The molecule has 0 aliphatic rings. The minimum Gasteiger partial charge on any atom is -0.229 e. The van der Waals surface area contributed by atoms with Crippen molar-refractivity contribution in [3.63, 3.8) is 0 Å². The van der Waals surface area contributed by atoms with Gasteiger partial charge in [0.1, 0.15) is 0 Å². The number of halogens is 1. The first-order valence-electron chi connectivity index (χ1n) is 3.63. The average Bonchev–Trinajstić information content (AvgIpc) is 1.81. The van der Waals surface area contributed by atoms with Gasteiger partial charge < -0.3 is 0 Å². The molecule has 0 atom stereocenters. The molecule has 0 aliphatic heterocycles. The van der Waals surface area contributed by atoms with Gasteiger partial charge in [0.2, 0.25) is 10.0 Å². The summed E-state index contributed by atoms with van der Waals surface area (Å²) in [5, 5.41) is 4.68. The molecule has 0 saturated carbocycles. The lowest BCUT2D eigenvalue weighted by Gasteiger charge is -1.97. The lowest BCUT2D eigenvalue weighted by Crippen LogP contribution is -2.16. The highest BCUT2D eigenvalue weighted by Crippen LogP contribution is 2.01. The van der Waals surface area contributed by atoms with E-state index in [1.807, 2.05) is 0 Å². The molecular formula is C5H12FNO4S2. The quantitative estimate of drug-likeness (QED) is 0.505. The first-order chi connectivity index (χ1) is 5.71. The Labute approximate surface area is 77.4 Å². The van der Waals surface area contributed by atoms with Crippen molar-refractivity contribution in [1.82, 2.24) is 0 Å². The fourth-order valence-corrected chi connectivity index (χ4v) is 1.91. The average molecular weight is 233 g/mol. The summed E-state index contributed by atoms with van der Waals surface area (Å²) in [5.74, 6) is -0.753. The Balaban J connectivity index is 3.50. The van der Waals surface area contributed by atoms with Crippen molar-refractivity contribution in [2.75, 3.05) is 11.5 Å². The van der Waals surface area contributed by atoms with E-state index in [2.05, 4.69) is 5.14 Å². The van der Waals surface area contributed by atoms with Crippen molar-refractivity contribution in [1.29, 1.82) is 0 Å². The highest BCUT2D eigenvalue weighted by molar-refractivity contribution is 7.89. The molecule has 0 heterocycles. The van der Waals surface area contributed by atoms with Crippen LogP contribution in [0.1, 0.15) is 19.3 Å². The van der Waals surface area contributed by atoms with Gasteiger partial charge in [-0.25, -0.2) is 13.6 Å². The molecular weight excluding hydrogens is 221 g/mol. The van der Waals surface area contributed by atoms with Gasteiger partial charge in [0.15, 0.2) is 0 Å². The van der Waals surface area contributed by atoms with Crippen molar-refractivity contribution < 1.29 is 20.7 Å². The van der Waals surface area contributed by atoms with E-state index in [0.717, 1.165) is 0 Å². The second-order valence-electron chi connectivity index (χ2n) is 2.67. The Morgan fingerprint density at radius 3 is 1.77 bits per heavy atom. The molecule has 0 saturated heterocycles. The van der Waals surface area contributed by atoms with Crippen LogP contribution in [0.2, 0.25) is 0 Å². The molecule has 0 radical (unpaired) electrons. The Kier molecular flexibility index (Phi) is 4.79. The Bertz CT molecular complexity index is 300. The molecule has 0 aromatic carbocycles. The van der Waals surface area contributed by atoms with E-state index in [1.54, 1.807) is 0 Å². The topological polar surface area (TPSA) is 94.3 Å². The van der Waals surface area contributed by atoms with Crippen molar-refractivity contribution in [2.24, 2.45) is 5.14 Å². The molecule has 0 unspecified atom stereocenters. The minimum atomic E-state index is -4.42. The number of rotatable bonds is 6. The van der Waals surface area contributed by atoms with Crippen molar-refractivity contribution in [2.45, 2.75) is 19.3 Å². The van der Waals surface area contributed by atoms with Gasteiger partial charge in [0, 0.05) is 0 Å². The third-order valence-electron chi connectivity index (χ3n) is 1.32. The fraction of sp³-hybridized carbons (Fsp3) is 1.00. The summed E-state index contributed by atoms with van der Waals surface area (Å²) < 4.78 is 52.6. The predicted octanol–water partition coefficient (Wildman–Crippen LogP) is -0.256. The summed E-state index contributed by atoms with van der Waals surface area (Å²) in [7, 11) is -7.90. The van der Waals surface area contributed by atoms with Crippen LogP contribution in [0.15, 0.2) is 0 Å². The van der Waals surface area contributed by atoms with Crippen LogP contribution in [-0.2, 0) is 20.2 Å². The van der Waals surface area contributed by atoms with Crippen molar-refractivity contribution in [3.8, 4) is 0 Å². The van der Waals surface area contributed by atoms with Gasteiger partial charge in [-0.2, -0.15) is 8.42 Å². The molecule has 13 heavy (non-hydrogen) atoms. The summed E-state index contributed by atoms with van der Waals surface area (Å²) in [6, 6.07) is 0. The number of sulfonamides is 1. The second-order valence-corrected chi connectivity index (χ2v) is 5.89. The molecule has 0 rings (SSSR count). The summed E-state index contributed by atoms with van der Waals surface area (Å²) in [5.41, 5.74) is 0. The van der Waals surface area contributed by atoms with Crippen LogP contribution in [0.3, 0.4) is 0 Å². The van der Waals surface area contributed by atoms with E-state index in [-0.39, 0.29) is 18.6 Å². The Morgan fingerprint density at radius 2 is 1.38 bits per heavy atom. The van der Waals surface area contributed by atoms with Crippen LogP contribution in [0.5, 0.6) is 0 Å². The molecule has 80 valence electrons. The first-order valence-corrected chi connectivity index (χ1v) is 6.90. The monoisotopic (exact) mass is 233 g/mol. The zero-order valence-corrected chi connectivity index (χ0v) is 8.57. The molecule has 0 aromatic rings. The van der Waals surface area contributed by atoms with Gasteiger partial charge in [0.05, 0.1) is 11.5 Å². The van der Waals surface area contributed by atoms with Gasteiger partial charge >= 0.3 is 10.2 Å². The van der Waals surface area contributed by atoms with Crippen LogP contribution in [0.25, 0.3) is 0 Å². The maximum Gasteiger partial charge on any atom is 0.302 e. The molecule has 5 nitrogen and oxygen atoms in total. The van der Waals surface area contributed by atoms with E-state index in [1.165, 1.54) is 0 Å². The fourth-order valence-electron chi connectivity index (χ4n) is 0.754. The van der Waals surface area contributed by atoms with Gasteiger partial charge in [-0.05, 0) is 12.8 Å². The second kappa shape index (κ2) is 4.87. The number of hydrogen-bond donors (Lipinski definition) is 1. The Hall–Kier alpha value is -0.210. The van der Waals surface area contributed by atoms with Gasteiger partial charge in [0.25, 0.3) is 0 Å². The van der Waals surface area contributed by atoms with Crippen molar-refractivity contribution in [3.05, 3.63) is 0 Å². The highest BCUT2D eigenvalue weighted by atomic mass is 32.3. The number of hydrogen-bond acceptors (Lipinski definition) is 4. The summed E-state index contributed by atoms with van der Waals surface area (Å²) in [6.45, 7) is 0. The van der Waals surface area contributed by atoms with Crippen LogP contribution in [0, 0.1) is 0 Å². The first kappa shape index (κ1) is 12.8. The summed E-state index contributed by atoms with van der Waals surface area (Å²) >= 11 is 0. The smallest absolute Gasteiger partial charge is 0.229 e. The number of primary sulfonamides is 1. The third kappa shape index (κ3) is 11.8. The van der Waals surface area contributed by atoms with Gasteiger partial charge in [-0.1, -0.05) is 6.42 Å². The molecule has 8 heteroatoms. The molecule has 0 bridgehead atoms. The van der Waals surface area contributed by atoms with Crippen LogP contribution < -0.4 is 5.14 Å². The van der Waals surface area contributed by atoms with Crippen molar-refractivity contribution >= 4 is 20.2 Å².